The van der Waals surface area contributed by atoms with Gasteiger partial charge in [0, 0.05) is 36.1 Å². The summed E-state index contributed by atoms with van der Waals surface area (Å²) in [6.45, 7) is 4.21. The third-order valence-corrected chi connectivity index (χ3v) is 9.48. The number of nitrogens with two attached hydrogens (primary N) is 1. The first-order valence-electron chi connectivity index (χ1n) is 19.2. The fourth-order valence-corrected chi connectivity index (χ4v) is 6.57. The fourth-order valence-electron chi connectivity index (χ4n) is 6.57. The lowest BCUT2D eigenvalue weighted by atomic mass is 9.83. The van der Waals surface area contributed by atoms with Gasteiger partial charge in [0.25, 0.3) is 5.91 Å². The molecule has 5 N–H and O–H groups in total. The number of hydrogen-bond donors (Lipinski definition) is 4. The third kappa shape index (κ3) is 12.4. The van der Waals surface area contributed by atoms with E-state index in [-0.39, 0.29) is 31.0 Å². The Balaban J connectivity index is 1.40. The molecule has 14 heteroatoms. The van der Waals surface area contributed by atoms with Gasteiger partial charge in [0.05, 0.1) is 18.3 Å². The Kier molecular flexibility index (Phi) is 15.3. The number of hydrogen-bond acceptors (Lipinski definition) is 8. The van der Waals surface area contributed by atoms with Crippen molar-refractivity contribution in [2.75, 3.05) is 19.7 Å². The Bertz CT molecular complexity index is 2260. The van der Waals surface area contributed by atoms with Crippen molar-refractivity contribution in [1.29, 1.82) is 0 Å². The molecule has 0 radical (unpaired) electrons. The molecule has 0 fully saturated rings. The first kappa shape index (κ1) is 44.3. The monoisotopic (exact) mass is 821 g/mol. The van der Waals surface area contributed by atoms with Gasteiger partial charge >= 0.3 is 12.1 Å². The summed E-state index contributed by atoms with van der Waals surface area (Å²) in [4.78, 5) is 54.4. The maximum absolute atomic E-state index is 15.1. The van der Waals surface area contributed by atoms with Crippen LogP contribution in [-0.4, -0.2) is 64.2 Å². The van der Waals surface area contributed by atoms with Crippen molar-refractivity contribution in [3.05, 3.63) is 167 Å². The normalized spacial score (nSPS) is 12.5. The molecule has 60 heavy (non-hydrogen) atoms. The van der Waals surface area contributed by atoms with Crippen LogP contribution in [0.25, 0.3) is 11.1 Å². The number of ether oxygens (including phenoxy) is 2. The van der Waals surface area contributed by atoms with Gasteiger partial charge in [-0.15, -0.1) is 0 Å². The summed E-state index contributed by atoms with van der Waals surface area (Å²) in [5.74, 6) is -3.74. The topological polar surface area (TPSA) is 165 Å². The molecule has 0 aliphatic rings. The first-order chi connectivity index (χ1) is 28.7. The lowest BCUT2D eigenvalue weighted by Crippen LogP contribution is -2.50. The van der Waals surface area contributed by atoms with Gasteiger partial charge in [-0.1, -0.05) is 112 Å². The van der Waals surface area contributed by atoms with Crippen molar-refractivity contribution >= 4 is 23.9 Å². The van der Waals surface area contributed by atoms with Gasteiger partial charge in [0.1, 0.15) is 37.5 Å². The zero-order valence-corrected chi connectivity index (χ0v) is 33.6. The number of aliphatic hydroxyl groups excluding tert-OH is 1. The second-order valence-corrected chi connectivity index (χ2v) is 15.1. The molecule has 12 nitrogen and oxygen atoms in total. The smallest absolute Gasteiger partial charge is 0.407 e. The van der Waals surface area contributed by atoms with Crippen LogP contribution in [0.4, 0.5) is 13.6 Å². The molecule has 1 aromatic heterocycles. The molecule has 2 atom stereocenters. The number of amides is 3. The molecule has 0 saturated heterocycles. The average Bonchev–Trinajstić information content (AvgIpc) is 3.64. The molecule has 0 aliphatic carbocycles. The lowest BCUT2D eigenvalue weighted by molar-refractivity contribution is -0.148. The zero-order chi connectivity index (χ0) is 43.2. The van der Waals surface area contributed by atoms with Gasteiger partial charge in [-0.2, -0.15) is 0 Å². The van der Waals surface area contributed by atoms with Crippen molar-refractivity contribution in [2.45, 2.75) is 52.6 Å². The highest BCUT2D eigenvalue weighted by Crippen LogP contribution is 2.41. The van der Waals surface area contributed by atoms with E-state index < -0.39 is 66.2 Å². The Labute approximate surface area is 347 Å². The fraction of sp³-hybridized carbons (Fsp3) is 0.261. The summed E-state index contributed by atoms with van der Waals surface area (Å²) >= 11 is 0. The maximum atomic E-state index is 15.1. The Morgan fingerprint density at radius 2 is 1.42 bits per heavy atom. The number of nitrogens with one attached hydrogen (secondary N) is 2. The summed E-state index contributed by atoms with van der Waals surface area (Å²) < 4.78 is 42.1. The highest BCUT2D eigenvalue weighted by atomic mass is 19.1. The minimum atomic E-state index is -1.40. The van der Waals surface area contributed by atoms with Gasteiger partial charge < -0.3 is 40.4 Å². The second kappa shape index (κ2) is 20.8. The van der Waals surface area contributed by atoms with Crippen LogP contribution in [0.5, 0.6) is 0 Å². The van der Waals surface area contributed by atoms with Gasteiger partial charge in [0.2, 0.25) is 5.91 Å². The lowest BCUT2D eigenvalue weighted by Gasteiger charge is -2.40. The number of nitrogens with zero attached hydrogens (tertiary/aromatic N) is 2. The van der Waals surface area contributed by atoms with Gasteiger partial charge in [-0.3, -0.25) is 9.59 Å². The van der Waals surface area contributed by atoms with Crippen LogP contribution in [0.3, 0.4) is 0 Å². The van der Waals surface area contributed by atoms with E-state index in [1.165, 1.54) is 11.0 Å². The van der Waals surface area contributed by atoms with E-state index in [1.807, 2.05) is 61.7 Å². The second-order valence-electron chi connectivity index (χ2n) is 15.1. The van der Waals surface area contributed by atoms with Crippen LogP contribution in [0.2, 0.25) is 0 Å². The van der Waals surface area contributed by atoms with Crippen LogP contribution >= 0.6 is 0 Å². The number of halogens is 2. The number of carbonyl (C=O) groups excluding carboxylic acids is 4. The van der Waals surface area contributed by atoms with Crippen LogP contribution in [0, 0.1) is 17.0 Å². The van der Waals surface area contributed by atoms with Gasteiger partial charge in [-0.05, 0) is 52.4 Å². The van der Waals surface area contributed by atoms with E-state index in [0.717, 1.165) is 29.3 Å². The molecule has 0 saturated carbocycles. The number of aromatic nitrogens is 1. The van der Waals surface area contributed by atoms with Crippen molar-refractivity contribution in [1.82, 2.24) is 20.1 Å². The summed E-state index contributed by atoms with van der Waals surface area (Å²) in [7, 11) is 0. The highest BCUT2D eigenvalue weighted by Gasteiger charge is 2.37. The van der Waals surface area contributed by atoms with Crippen molar-refractivity contribution in [2.24, 2.45) is 11.1 Å². The summed E-state index contributed by atoms with van der Waals surface area (Å²) in [5, 5.41) is 15.2. The van der Waals surface area contributed by atoms with Crippen LogP contribution in [0.1, 0.15) is 49.2 Å². The first-order valence-corrected chi connectivity index (χ1v) is 19.2. The highest BCUT2D eigenvalue weighted by molar-refractivity contribution is 5.95. The Hall–Kier alpha value is -6.80. The van der Waals surface area contributed by atoms with E-state index in [9.17, 15) is 28.7 Å². The molecule has 0 spiro atoms. The molecular formula is C46H49F2N5O7. The molecule has 0 aliphatic heterocycles. The van der Waals surface area contributed by atoms with Crippen LogP contribution in [-0.2, 0) is 43.6 Å². The molecular weight excluding hydrogens is 773 g/mol. The SMILES string of the molecule is CC(C)(C)[C@H](c1cc(-c2cc(F)ccc2F)cn1Cc1ccccc1)N(C/C=C(/N)C(=O)N[C@H](CNC(=O)OCc1ccccc1)C(=O)OCc1ccccc1)C(=O)CO. The molecule has 314 valence electrons. The maximum Gasteiger partial charge on any atom is 0.407 e. The number of aliphatic hydroxyl groups is 1. The molecule has 1 heterocycles. The minimum Gasteiger partial charge on any atom is -0.459 e. The van der Waals surface area contributed by atoms with E-state index in [1.54, 1.807) is 66.9 Å². The summed E-state index contributed by atoms with van der Waals surface area (Å²) in [6, 6.07) is 29.9. The standard InChI is InChI=1S/C46H49F2N5O7/c1-46(2,3)42(40-23-34(36-24-35(47)19-20-37(36)48)27-52(40)26-31-13-7-4-8-14-31)53(41(55)28-54)22-21-38(49)43(56)51-39(44(57)59-29-32-15-9-5-10-16-32)25-50-45(58)60-30-33-17-11-6-12-18-33/h4-21,23-24,27,39,42,54H,22,25-26,28-30,49H2,1-3H3,(H,50,58)(H,51,56)/b38-21+/t39-,42+/m1/s1. The van der Waals surface area contributed by atoms with Crippen molar-refractivity contribution in [3.63, 3.8) is 0 Å². The molecule has 4 aromatic carbocycles. The molecule has 0 bridgehead atoms. The largest absolute Gasteiger partial charge is 0.459 e. The van der Waals surface area contributed by atoms with Gasteiger partial charge in [0.15, 0.2) is 0 Å². The van der Waals surface area contributed by atoms with Crippen LogP contribution in [0.15, 0.2) is 133 Å². The molecule has 0 unspecified atom stereocenters. The third-order valence-electron chi connectivity index (χ3n) is 9.48. The number of carbonyl (C=O) groups is 4. The van der Waals surface area contributed by atoms with E-state index in [2.05, 4.69) is 10.6 Å². The Morgan fingerprint density at radius 1 is 0.833 bits per heavy atom. The Morgan fingerprint density at radius 3 is 2.00 bits per heavy atom. The van der Waals surface area contributed by atoms with E-state index in [4.69, 9.17) is 15.2 Å². The summed E-state index contributed by atoms with van der Waals surface area (Å²) in [5.41, 5.74) is 8.40. The van der Waals surface area contributed by atoms with Crippen molar-refractivity contribution < 1.29 is 42.5 Å². The average molecular weight is 822 g/mol. The van der Waals surface area contributed by atoms with Crippen LogP contribution < -0.4 is 16.4 Å². The number of benzene rings is 4. The molecule has 5 rings (SSSR count). The summed E-state index contributed by atoms with van der Waals surface area (Å²) in [6.07, 6.45) is 2.11. The number of rotatable bonds is 17. The van der Waals surface area contributed by atoms with E-state index in [0.29, 0.717) is 23.4 Å². The molecule has 3 amide bonds. The predicted octanol–water partition coefficient (Wildman–Crippen LogP) is 6.39. The zero-order valence-electron chi connectivity index (χ0n) is 33.6. The number of alkyl carbamates (subject to hydrolysis) is 1. The minimum absolute atomic E-state index is 0.0207. The van der Waals surface area contributed by atoms with Gasteiger partial charge in [-0.25, -0.2) is 18.4 Å². The van der Waals surface area contributed by atoms with Crippen molar-refractivity contribution in [3.8, 4) is 11.1 Å². The predicted molar refractivity (Wildman–Crippen MR) is 221 cm³/mol. The van der Waals surface area contributed by atoms with E-state index >= 15 is 4.39 Å². The number of esters is 1. The molecule has 5 aromatic rings. The quantitative estimate of drug-likeness (QED) is 0.0620.